The first-order chi connectivity index (χ1) is 11.8. The van der Waals surface area contributed by atoms with Crippen LogP contribution in [0.3, 0.4) is 0 Å². The third-order valence-electron chi connectivity index (χ3n) is 3.80. The first-order valence-electron chi connectivity index (χ1n) is 7.54. The van der Waals surface area contributed by atoms with Crippen molar-refractivity contribution in [2.45, 2.75) is 26.7 Å². The zero-order valence-electron chi connectivity index (χ0n) is 14.3. The zero-order chi connectivity index (χ0) is 18.7. The maximum atomic E-state index is 12.6. The van der Waals surface area contributed by atoms with E-state index in [0.29, 0.717) is 17.0 Å². The molecule has 2 rings (SSSR count). The summed E-state index contributed by atoms with van der Waals surface area (Å²) in [4.78, 5) is 25.0. The van der Waals surface area contributed by atoms with Gasteiger partial charge in [-0.25, -0.2) is 9.59 Å². The molecule has 5 nitrogen and oxygen atoms in total. The minimum atomic E-state index is -0.824. The Hall–Kier alpha value is -2.16. The molecule has 1 atom stereocenters. The fraction of sp³-hybridized carbons (Fsp3) is 0.333. The van der Waals surface area contributed by atoms with E-state index in [-0.39, 0.29) is 27.8 Å². The van der Waals surface area contributed by atoms with Gasteiger partial charge >= 0.3 is 11.9 Å². The molecular formula is C18H17Cl2NO4. The molecule has 0 aliphatic carbocycles. The van der Waals surface area contributed by atoms with Crippen molar-refractivity contribution in [3.63, 3.8) is 0 Å². The topological polar surface area (TPSA) is 64.6 Å². The fourth-order valence-corrected chi connectivity index (χ4v) is 3.13. The normalized spacial score (nSPS) is 17.0. The van der Waals surface area contributed by atoms with Crippen molar-refractivity contribution in [1.29, 1.82) is 0 Å². The summed E-state index contributed by atoms with van der Waals surface area (Å²) in [5.74, 6) is -1.97. The van der Waals surface area contributed by atoms with Crippen molar-refractivity contribution in [2.24, 2.45) is 0 Å². The highest BCUT2D eigenvalue weighted by Gasteiger charge is 2.39. The van der Waals surface area contributed by atoms with Crippen LogP contribution in [-0.2, 0) is 19.1 Å². The Labute approximate surface area is 156 Å². The molecule has 25 heavy (non-hydrogen) atoms. The maximum absolute atomic E-state index is 12.6. The van der Waals surface area contributed by atoms with Crippen LogP contribution in [0.4, 0.5) is 0 Å². The zero-order valence-corrected chi connectivity index (χ0v) is 15.8. The lowest BCUT2D eigenvalue weighted by molar-refractivity contribution is -0.139. The van der Waals surface area contributed by atoms with Crippen molar-refractivity contribution < 1.29 is 19.1 Å². The van der Waals surface area contributed by atoms with Gasteiger partial charge in [-0.15, -0.1) is 0 Å². The summed E-state index contributed by atoms with van der Waals surface area (Å²) in [6, 6.07) is 7.09. The van der Waals surface area contributed by atoms with Crippen LogP contribution < -0.4 is 5.32 Å². The van der Waals surface area contributed by atoms with Crippen molar-refractivity contribution in [3.05, 3.63) is 56.3 Å². The minimum absolute atomic E-state index is 0.191. The average Bonchev–Trinajstić information content (AvgIpc) is 2.56. The molecule has 1 aromatic carbocycles. The van der Waals surface area contributed by atoms with Gasteiger partial charge in [-0.05, 0) is 20.8 Å². The molecule has 7 heteroatoms. The molecule has 0 saturated heterocycles. The second kappa shape index (κ2) is 7.81. The van der Waals surface area contributed by atoms with Crippen molar-refractivity contribution >= 4 is 35.1 Å². The Morgan fingerprint density at radius 3 is 2.36 bits per heavy atom. The summed E-state index contributed by atoms with van der Waals surface area (Å²) < 4.78 is 10.1. The van der Waals surface area contributed by atoms with Gasteiger partial charge in [0, 0.05) is 23.0 Å². The largest absolute Gasteiger partial charge is 0.466 e. The number of esters is 2. The van der Waals surface area contributed by atoms with Gasteiger partial charge < -0.3 is 14.8 Å². The second-order valence-electron chi connectivity index (χ2n) is 5.34. The smallest absolute Gasteiger partial charge is 0.336 e. The number of hydrogen-bond acceptors (Lipinski definition) is 5. The van der Waals surface area contributed by atoms with E-state index >= 15 is 0 Å². The van der Waals surface area contributed by atoms with Gasteiger partial charge in [0.2, 0.25) is 0 Å². The molecular weight excluding hydrogens is 365 g/mol. The molecule has 0 aromatic heterocycles. The molecule has 132 valence electrons. The maximum Gasteiger partial charge on any atom is 0.336 e. The first-order valence-corrected chi connectivity index (χ1v) is 8.30. The molecule has 1 heterocycles. The van der Waals surface area contributed by atoms with Gasteiger partial charge in [-0.1, -0.05) is 35.3 Å². The van der Waals surface area contributed by atoms with Crippen LogP contribution in [0.5, 0.6) is 0 Å². The lowest BCUT2D eigenvalue weighted by Gasteiger charge is -2.29. The van der Waals surface area contributed by atoms with Crippen LogP contribution >= 0.6 is 23.2 Å². The Balaban J connectivity index is 2.74. The number of halogens is 2. The molecule has 0 spiro atoms. The SMILES string of the molecule is CCOC(=O)C1=C(C)NC(C)=C(C(=O)OC)C1c1c#ccc(Cl)c1Cl. The van der Waals surface area contributed by atoms with E-state index in [1.54, 1.807) is 20.8 Å². The quantitative estimate of drug-likeness (QED) is 0.807. The van der Waals surface area contributed by atoms with Crippen LogP contribution in [-0.4, -0.2) is 25.7 Å². The number of allylic oxidation sites excluding steroid dienone is 2. The standard InChI is InChI=1S/C18H17Cl2NO4/c1-5-25-18(23)14-10(3)21-9(2)13(17(22)24-4)15(14)11-7-6-8-12(19)16(11)20/h8,15,21H,5H2,1-4H3. The van der Waals surface area contributed by atoms with Crippen LogP contribution in [0.25, 0.3) is 0 Å². The number of carbonyl (C=O) groups is 2. The number of nitrogens with one attached hydrogen (secondary N) is 1. The summed E-state index contributed by atoms with van der Waals surface area (Å²) in [5.41, 5.74) is 1.95. The molecule has 0 fully saturated rings. The van der Waals surface area contributed by atoms with E-state index in [1.807, 2.05) is 0 Å². The number of methoxy groups -OCH3 is 1. The lowest BCUT2D eigenvalue weighted by atomic mass is 9.81. The van der Waals surface area contributed by atoms with Crippen molar-refractivity contribution in [1.82, 2.24) is 5.32 Å². The number of dihydropyridines is 1. The molecule has 0 saturated carbocycles. The van der Waals surface area contributed by atoms with E-state index in [0.717, 1.165) is 0 Å². The summed E-state index contributed by atoms with van der Waals surface area (Å²) in [6.45, 7) is 5.33. The van der Waals surface area contributed by atoms with Crippen LogP contribution in [0.1, 0.15) is 32.3 Å². The third-order valence-corrected chi connectivity index (χ3v) is 4.60. The molecule has 1 aliphatic heterocycles. The highest BCUT2D eigenvalue weighted by Crippen LogP contribution is 2.42. The van der Waals surface area contributed by atoms with Crippen LogP contribution in [0, 0.1) is 12.1 Å². The molecule has 1 aromatic rings. The predicted octanol–water partition coefficient (Wildman–Crippen LogP) is 3.56. The average molecular weight is 382 g/mol. The van der Waals surface area contributed by atoms with Crippen LogP contribution in [0.15, 0.2) is 28.6 Å². The Kier molecular flexibility index (Phi) is 5.99. The highest BCUT2D eigenvalue weighted by atomic mass is 35.5. The summed E-state index contributed by atoms with van der Waals surface area (Å²) in [7, 11) is 1.27. The van der Waals surface area contributed by atoms with Crippen LogP contribution in [0.2, 0.25) is 10.0 Å². The minimum Gasteiger partial charge on any atom is -0.466 e. The molecule has 1 N–H and O–H groups in total. The third kappa shape index (κ3) is 3.60. The predicted molar refractivity (Wildman–Crippen MR) is 94.1 cm³/mol. The Morgan fingerprint density at radius 2 is 1.80 bits per heavy atom. The van der Waals surface area contributed by atoms with Gasteiger partial charge in [-0.2, -0.15) is 0 Å². The van der Waals surface area contributed by atoms with Gasteiger partial charge in [0.15, 0.2) is 0 Å². The summed E-state index contributed by atoms with van der Waals surface area (Å²) in [6.07, 6.45) is 0. The van der Waals surface area contributed by atoms with E-state index in [1.165, 1.54) is 13.2 Å². The van der Waals surface area contributed by atoms with Gasteiger partial charge in [0.1, 0.15) is 0 Å². The second-order valence-corrected chi connectivity index (χ2v) is 6.12. The number of rotatable bonds is 4. The van der Waals surface area contributed by atoms with E-state index < -0.39 is 17.9 Å². The molecule has 0 bridgehead atoms. The van der Waals surface area contributed by atoms with Gasteiger partial charge in [0.25, 0.3) is 0 Å². The molecule has 0 amide bonds. The Bertz CT molecular complexity index is 783. The fourth-order valence-electron chi connectivity index (χ4n) is 2.77. The van der Waals surface area contributed by atoms with Crippen molar-refractivity contribution in [2.75, 3.05) is 13.7 Å². The summed E-state index contributed by atoms with van der Waals surface area (Å²) >= 11 is 12.4. The van der Waals surface area contributed by atoms with Gasteiger partial charge in [-0.3, -0.25) is 0 Å². The van der Waals surface area contributed by atoms with Gasteiger partial charge in [0.05, 0.1) is 40.8 Å². The Morgan fingerprint density at radius 1 is 1.20 bits per heavy atom. The van der Waals surface area contributed by atoms with Crippen molar-refractivity contribution in [3.8, 4) is 0 Å². The lowest BCUT2D eigenvalue weighted by Crippen LogP contribution is -2.32. The highest BCUT2D eigenvalue weighted by molar-refractivity contribution is 6.42. The summed E-state index contributed by atoms with van der Waals surface area (Å²) in [5, 5.41) is 3.46. The van der Waals surface area contributed by atoms with E-state index in [9.17, 15) is 9.59 Å². The molecule has 1 unspecified atom stereocenters. The number of ether oxygens (including phenoxy) is 2. The first kappa shape index (κ1) is 19.2. The monoisotopic (exact) mass is 381 g/mol. The number of hydrogen-bond donors (Lipinski definition) is 1. The molecule has 0 radical (unpaired) electrons. The number of carbonyl (C=O) groups excluding carboxylic acids is 2. The van der Waals surface area contributed by atoms with E-state index in [4.69, 9.17) is 32.7 Å². The van der Waals surface area contributed by atoms with E-state index in [2.05, 4.69) is 17.4 Å². The molecule has 1 aliphatic rings.